The van der Waals surface area contributed by atoms with E-state index in [1.807, 2.05) is 12.1 Å². The van der Waals surface area contributed by atoms with E-state index in [9.17, 15) is 8.42 Å². The molecule has 2 aliphatic rings. The monoisotopic (exact) mass is 378 g/mol. The Balaban J connectivity index is 1.50. The van der Waals surface area contributed by atoms with Crippen LogP contribution >= 0.6 is 0 Å². The number of furan rings is 1. The van der Waals surface area contributed by atoms with Crippen LogP contribution in [0.5, 0.6) is 0 Å². The molecule has 0 aromatic carbocycles. The molecule has 2 aromatic rings. The van der Waals surface area contributed by atoms with Gasteiger partial charge in [-0.05, 0) is 43.9 Å². The molecule has 2 fully saturated rings. The number of sulfonamides is 1. The van der Waals surface area contributed by atoms with Gasteiger partial charge in [0.2, 0.25) is 0 Å². The van der Waals surface area contributed by atoms with Crippen LogP contribution in [0.25, 0.3) is 0 Å². The zero-order chi connectivity index (χ0) is 18.3. The number of fused-ring (bicyclic) bond motifs is 1. The highest BCUT2D eigenvalue weighted by molar-refractivity contribution is 7.89. The fourth-order valence-electron chi connectivity index (χ4n) is 4.56. The molecule has 0 unspecified atom stereocenters. The molecule has 26 heavy (non-hydrogen) atoms. The molecule has 0 N–H and O–H groups in total. The molecule has 1 aliphatic carbocycles. The third-order valence-corrected chi connectivity index (χ3v) is 7.58. The minimum absolute atomic E-state index is 0.152. The van der Waals surface area contributed by atoms with Crippen LogP contribution in [0.4, 0.5) is 0 Å². The van der Waals surface area contributed by atoms with E-state index in [1.165, 1.54) is 6.33 Å². The van der Waals surface area contributed by atoms with Gasteiger partial charge in [-0.15, -0.1) is 0 Å². The Bertz CT molecular complexity index is 846. The Morgan fingerprint density at radius 1 is 1.35 bits per heavy atom. The van der Waals surface area contributed by atoms with Gasteiger partial charge < -0.3 is 8.98 Å². The minimum atomic E-state index is -3.51. The van der Waals surface area contributed by atoms with Gasteiger partial charge in [0, 0.05) is 32.4 Å². The van der Waals surface area contributed by atoms with E-state index in [-0.39, 0.29) is 5.03 Å². The van der Waals surface area contributed by atoms with Gasteiger partial charge in [0.25, 0.3) is 10.0 Å². The Hall–Kier alpha value is -1.64. The van der Waals surface area contributed by atoms with Gasteiger partial charge in [0.1, 0.15) is 5.76 Å². The lowest BCUT2D eigenvalue weighted by Crippen LogP contribution is -2.43. The number of nitrogens with zero attached hydrogens (tertiary/aromatic N) is 4. The maximum atomic E-state index is 12.9. The summed E-state index contributed by atoms with van der Waals surface area (Å²) in [6.07, 6.45) is 8.17. The van der Waals surface area contributed by atoms with Crippen molar-refractivity contribution in [2.75, 3.05) is 20.1 Å². The second-order valence-electron chi connectivity index (χ2n) is 7.62. The van der Waals surface area contributed by atoms with E-state index in [0.717, 1.165) is 31.6 Å². The highest BCUT2D eigenvalue weighted by Gasteiger charge is 2.45. The lowest BCUT2D eigenvalue weighted by Gasteiger charge is -2.38. The Labute approximate surface area is 154 Å². The van der Waals surface area contributed by atoms with Crippen LogP contribution in [-0.4, -0.2) is 53.4 Å². The zero-order valence-corrected chi connectivity index (χ0v) is 16.1. The van der Waals surface area contributed by atoms with Crippen LogP contribution in [0.2, 0.25) is 0 Å². The van der Waals surface area contributed by atoms with Crippen molar-refractivity contribution in [2.45, 2.75) is 36.9 Å². The first kappa shape index (κ1) is 17.8. The molecule has 3 heterocycles. The number of aryl methyl sites for hydroxylation is 1. The van der Waals surface area contributed by atoms with Crippen molar-refractivity contribution in [1.29, 1.82) is 0 Å². The molecule has 0 bridgehead atoms. The predicted octanol–water partition coefficient (Wildman–Crippen LogP) is 1.93. The van der Waals surface area contributed by atoms with Crippen LogP contribution in [0, 0.1) is 11.8 Å². The lowest BCUT2D eigenvalue weighted by molar-refractivity contribution is 0.0999. The van der Waals surface area contributed by atoms with Crippen molar-refractivity contribution in [2.24, 2.45) is 18.9 Å². The summed E-state index contributed by atoms with van der Waals surface area (Å²) in [5, 5.41) is 0.152. The number of rotatable bonds is 5. The molecule has 0 radical (unpaired) electrons. The second kappa shape index (κ2) is 6.83. The van der Waals surface area contributed by atoms with Gasteiger partial charge in [0.15, 0.2) is 5.03 Å². The average molecular weight is 378 g/mol. The summed E-state index contributed by atoms with van der Waals surface area (Å²) in [5.41, 5.74) is 0. The van der Waals surface area contributed by atoms with Gasteiger partial charge in [-0.25, -0.2) is 13.4 Å². The van der Waals surface area contributed by atoms with Crippen molar-refractivity contribution in [1.82, 2.24) is 18.8 Å². The molecule has 7 nitrogen and oxygen atoms in total. The van der Waals surface area contributed by atoms with Gasteiger partial charge in [-0.3, -0.25) is 4.90 Å². The maximum Gasteiger partial charge on any atom is 0.262 e. The first-order chi connectivity index (χ1) is 12.4. The van der Waals surface area contributed by atoms with Crippen LogP contribution in [-0.2, 0) is 23.6 Å². The molecule has 0 spiro atoms. The fourth-order valence-corrected chi connectivity index (χ4v) is 6.06. The number of imidazole rings is 1. The predicted molar refractivity (Wildman–Crippen MR) is 96.8 cm³/mol. The molecule has 2 aromatic heterocycles. The fraction of sp³-hybridized carbons (Fsp3) is 0.611. The van der Waals surface area contributed by atoms with Crippen LogP contribution < -0.4 is 0 Å². The smallest absolute Gasteiger partial charge is 0.262 e. The molecule has 142 valence electrons. The molecular formula is C18H26N4O3S. The van der Waals surface area contributed by atoms with Crippen molar-refractivity contribution in [3.05, 3.63) is 36.7 Å². The van der Waals surface area contributed by atoms with E-state index < -0.39 is 10.0 Å². The number of hydrogen-bond donors (Lipinski definition) is 0. The standard InChI is InChI=1S/C18H26N4O3S/c1-20-12-18(19-13-20)26(23,24)22-9-14-5-3-7-17(16(14)11-22)21(2)10-15-6-4-8-25-15/h4,6,8,12-14,16-17H,3,5,7,9-11H2,1-2H3/t14-,16+,17+/m0/s1. The molecule has 1 saturated heterocycles. The molecule has 1 aliphatic heterocycles. The van der Waals surface area contributed by atoms with Crippen LogP contribution in [0.15, 0.2) is 40.4 Å². The zero-order valence-electron chi connectivity index (χ0n) is 15.3. The Morgan fingerprint density at radius 3 is 2.88 bits per heavy atom. The summed E-state index contributed by atoms with van der Waals surface area (Å²) in [4.78, 5) is 6.39. The highest BCUT2D eigenvalue weighted by Crippen LogP contribution is 2.40. The normalized spacial score (nSPS) is 27.1. The van der Waals surface area contributed by atoms with Crippen LogP contribution in [0.3, 0.4) is 0 Å². The topological polar surface area (TPSA) is 71.6 Å². The highest BCUT2D eigenvalue weighted by atomic mass is 32.2. The minimum Gasteiger partial charge on any atom is -0.468 e. The van der Waals surface area contributed by atoms with E-state index in [4.69, 9.17) is 4.42 Å². The largest absolute Gasteiger partial charge is 0.468 e. The lowest BCUT2D eigenvalue weighted by atomic mass is 9.77. The molecular weight excluding hydrogens is 352 g/mol. The summed E-state index contributed by atoms with van der Waals surface area (Å²) in [7, 11) is 0.393. The summed E-state index contributed by atoms with van der Waals surface area (Å²) in [5.74, 6) is 1.74. The quantitative estimate of drug-likeness (QED) is 0.795. The average Bonchev–Trinajstić information content (AvgIpc) is 3.34. The summed E-state index contributed by atoms with van der Waals surface area (Å²) >= 11 is 0. The molecule has 3 atom stereocenters. The van der Waals surface area contributed by atoms with Crippen molar-refractivity contribution >= 4 is 10.0 Å². The van der Waals surface area contributed by atoms with Crippen molar-refractivity contribution in [3.8, 4) is 0 Å². The first-order valence-electron chi connectivity index (χ1n) is 9.16. The third-order valence-electron chi connectivity index (χ3n) is 5.86. The van der Waals surface area contributed by atoms with E-state index in [1.54, 1.807) is 28.4 Å². The Kier molecular flexibility index (Phi) is 4.66. The molecule has 0 amide bonds. The van der Waals surface area contributed by atoms with Gasteiger partial charge in [-0.2, -0.15) is 4.31 Å². The molecule has 8 heteroatoms. The maximum absolute atomic E-state index is 12.9. The van der Waals surface area contributed by atoms with Crippen molar-refractivity contribution < 1.29 is 12.8 Å². The summed E-state index contributed by atoms with van der Waals surface area (Å²) in [6.45, 7) is 1.94. The number of aromatic nitrogens is 2. The van der Waals surface area contributed by atoms with Crippen LogP contribution in [0.1, 0.15) is 25.0 Å². The molecule has 1 saturated carbocycles. The third kappa shape index (κ3) is 3.21. The number of hydrogen-bond acceptors (Lipinski definition) is 5. The summed E-state index contributed by atoms with van der Waals surface area (Å²) < 4.78 is 34.7. The second-order valence-corrected chi connectivity index (χ2v) is 9.50. The van der Waals surface area contributed by atoms with E-state index >= 15 is 0 Å². The Morgan fingerprint density at radius 2 is 2.19 bits per heavy atom. The van der Waals surface area contributed by atoms with E-state index in [0.29, 0.717) is 31.0 Å². The summed E-state index contributed by atoms with van der Waals surface area (Å²) in [6, 6.07) is 4.27. The van der Waals surface area contributed by atoms with E-state index in [2.05, 4.69) is 16.9 Å². The molecule has 4 rings (SSSR count). The van der Waals surface area contributed by atoms with Crippen molar-refractivity contribution in [3.63, 3.8) is 0 Å². The van der Waals surface area contributed by atoms with Gasteiger partial charge in [0.05, 0.1) is 19.1 Å². The van der Waals surface area contributed by atoms with Gasteiger partial charge >= 0.3 is 0 Å². The SMILES string of the molecule is CN(Cc1ccco1)[C@@H]1CCC[C@H]2CN(S(=O)(=O)c3cn(C)cn3)C[C@H]21. The first-order valence-corrected chi connectivity index (χ1v) is 10.6. The van der Waals surface area contributed by atoms with Gasteiger partial charge in [-0.1, -0.05) is 6.42 Å².